The van der Waals surface area contributed by atoms with Crippen LogP contribution in [0.25, 0.3) is 0 Å². The molecule has 1 unspecified atom stereocenters. The summed E-state index contributed by atoms with van der Waals surface area (Å²) in [6.07, 6.45) is 2.28. The van der Waals surface area contributed by atoms with Gasteiger partial charge in [-0.05, 0) is 25.3 Å². The lowest BCUT2D eigenvalue weighted by Crippen LogP contribution is -2.36. The number of hydrogen-bond acceptors (Lipinski definition) is 3. The minimum atomic E-state index is 0.0280. The van der Waals surface area contributed by atoms with E-state index in [0.717, 1.165) is 25.1 Å². The molecule has 1 aliphatic rings. The first-order valence-corrected chi connectivity index (χ1v) is 8.38. The second kappa shape index (κ2) is 8.08. The topological polar surface area (TPSA) is 49.4 Å². The maximum Gasteiger partial charge on any atom is 0.281 e. The van der Waals surface area contributed by atoms with Crippen LogP contribution in [0.15, 0.2) is 30.3 Å². The predicted octanol–water partition coefficient (Wildman–Crippen LogP) is 2.68. The zero-order valence-electron chi connectivity index (χ0n) is 12.4. The monoisotopic (exact) mass is 306 g/mol. The lowest BCUT2D eigenvalue weighted by molar-refractivity contribution is -0.121. The van der Waals surface area contributed by atoms with Crippen LogP contribution in [0.4, 0.5) is 4.79 Å². The highest BCUT2D eigenvalue weighted by atomic mass is 32.2. The standard InChI is InChI=1S/C16H22N2O2S/c1-13(7-8-14-5-3-2-4-6-14)17-15(19)9-10-18-11-12-21-16(18)20/h2-6,13H,7-12H2,1H3,(H,17,19). The number of rotatable bonds is 7. The predicted molar refractivity (Wildman–Crippen MR) is 86.4 cm³/mol. The van der Waals surface area contributed by atoms with Crippen molar-refractivity contribution >= 4 is 22.9 Å². The van der Waals surface area contributed by atoms with E-state index >= 15 is 0 Å². The first-order chi connectivity index (χ1) is 10.1. The Labute approximate surface area is 130 Å². The van der Waals surface area contributed by atoms with Crippen LogP contribution < -0.4 is 5.32 Å². The Hall–Kier alpha value is -1.49. The van der Waals surface area contributed by atoms with Gasteiger partial charge in [0.2, 0.25) is 5.91 Å². The fraction of sp³-hybridized carbons (Fsp3) is 0.500. The number of carbonyl (C=O) groups is 2. The van der Waals surface area contributed by atoms with Crippen molar-refractivity contribution in [3.8, 4) is 0 Å². The van der Waals surface area contributed by atoms with Gasteiger partial charge in [0.25, 0.3) is 5.24 Å². The van der Waals surface area contributed by atoms with Crippen molar-refractivity contribution in [2.24, 2.45) is 0 Å². The zero-order valence-corrected chi connectivity index (χ0v) is 13.2. The molecule has 0 radical (unpaired) electrons. The third kappa shape index (κ3) is 5.42. The summed E-state index contributed by atoms with van der Waals surface area (Å²) in [5.74, 6) is 0.869. The summed E-state index contributed by atoms with van der Waals surface area (Å²) in [7, 11) is 0. The van der Waals surface area contributed by atoms with E-state index < -0.39 is 0 Å². The van der Waals surface area contributed by atoms with E-state index in [4.69, 9.17) is 0 Å². The summed E-state index contributed by atoms with van der Waals surface area (Å²) >= 11 is 1.33. The summed E-state index contributed by atoms with van der Waals surface area (Å²) < 4.78 is 0. The zero-order chi connectivity index (χ0) is 15.1. The Balaban J connectivity index is 1.64. The maximum atomic E-state index is 11.9. The van der Waals surface area contributed by atoms with Crippen molar-refractivity contribution in [2.45, 2.75) is 32.2 Å². The van der Waals surface area contributed by atoms with Crippen LogP contribution in [0.2, 0.25) is 0 Å². The molecule has 21 heavy (non-hydrogen) atoms. The number of benzene rings is 1. The average Bonchev–Trinajstić information content (AvgIpc) is 2.89. The minimum absolute atomic E-state index is 0.0280. The molecule has 1 heterocycles. The van der Waals surface area contributed by atoms with Gasteiger partial charge in [-0.2, -0.15) is 0 Å². The lowest BCUT2D eigenvalue weighted by atomic mass is 10.1. The van der Waals surface area contributed by atoms with Crippen molar-refractivity contribution in [2.75, 3.05) is 18.8 Å². The van der Waals surface area contributed by atoms with Crippen LogP contribution in [0.1, 0.15) is 25.3 Å². The summed E-state index contributed by atoms with van der Waals surface area (Å²) in [4.78, 5) is 25.0. The number of hydrogen-bond donors (Lipinski definition) is 1. The van der Waals surface area contributed by atoms with E-state index in [1.54, 1.807) is 4.90 Å². The van der Waals surface area contributed by atoms with Gasteiger partial charge in [-0.3, -0.25) is 9.59 Å². The maximum absolute atomic E-state index is 11.9. The molecule has 1 aromatic rings. The highest BCUT2D eigenvalue weighted by molar-refractivity contribution is 8.13. The van der Waals surface area contributed by atoms with Crippen molar-refractivity contribution in [1.82, 2.24) is 10.2 Å². The fourth-order valence-electron chi connectivity index (χ4n) is 2.31. The molecule has 1 N–H and O–H groups in total. The number of carbonyl (C=O) groups excluding carboxylic acids is 2. The molecular weight excluding hydrogens is 284 g/mol. The molecular formula is C16H22N2O2S. The van der Waals surface area contributed by atoms with Gasteiger partial charge in [0, 0.05) is 31.3 Å². The van der Waals surface area contributed by atoms with Gasteiger partial charge in [-0.15, -0.1) is 0 Å². The third-order valence-electron chi connectivity index (χ3n) is 3.57. The second-order valence-electron chi connectivity index (χ2n) is 5.34. The summed E-state index contributed by atoms with van der Waals surface area (Å²) in [5.41, 5.74) is 1.29. The third-order valence-corrected chi connectivity index (χ3v) is 4.46. The van der Waals surface area contributed by atoms with Crippen LogP contribution in [0.5, 0.6) is 0 Å². The molecule has 1 aliphatic heterocycles. The lowest BCUT2D eigenvalue weighted by Gasteiger charge is -2.17. The Kier molecular flexibility index (Phi) is 6.11. The van der Waals surface area contributed by atoms with E-state index in [1.165, 1.54) is 17.3 Å². The van der Waals surface area contributed by atoms with E-state index in [-0.39, 0.29) is 17.2 Å². The summed E-state index contributed by atoms with van der Waals surface area (Å²) in [6.45, 7) is 3.32. The van der Waals surface area contributed by atoms with Crippen LogP contribution in [-0.4, -0.2) is 40.9 Å². The summed E-state index contributed by atoms with van der Waals surface area (Å²) in [6, 6.07) is 10.4. The molecule has 1 atom stereocenters. The Morgan fingerprint density at radius 2 is 2.14 bits per heavy atom. The van der Waals surface area contributed by atoms with Crippen molar-refractivity contribution in [3.63, 3.8) is 0 Å². The second-order valence-corrected chi connectivity index (χ2v) is 6.39. The van der Waals surface area contributed by atoms with Crippen LogP contribution in [0, 0.1) is 0 Å². The van der Waals surface area contributed by atoms with Gasteiger partial charge >= 0.3 is 0 Å². The van der Waals surface area contributed by atoms with E-state index in [9.17, 15) is 9.59 Å². The summed E-state index contributed by atoms with van der Waals surface area (Å²) in [5, 5.41) is 3.10. The number of thioether (sulfide) groups is 1. The first-order valence-electron chi connectivity index (χ1n) is 7.40. The SMILES string of the molecule is CC(CCc1ccccc1)NC(=O)CCN1CCSC1=O. The number of amides is 2. The Morgan fingerprint density at radius 1 is 1.38 bits per heavy atom. The van der Waals surface area contributed by atoms with E-state index in [2.05, 4.69) is 17.4 Å². The molecule has 2 rings (SSSR count). The van der Waals surface area contributed by atoms with Crippen LogP contribution >= 0.6 is 11.8 Å². The van der Waals surface area contributed by atoms with Gasteiger partial charge in [-0.25, -0.2) is 0 Å². The van der Waals surface area contributed by atoms with Crippen LogP contribution in [0.3, 0.4) is 0 Å². The van der Waals surface area contributed by atoms with Crippen LogP contribution in [-0.2, 0) is 11.2 Å². The quantitative estimate of drug-likeness (QED) is 0.842. The number of nitrogens with zero attached hydrogens (tertiary/aromatic N) is 1. The van der Waals surface area contributed by atoms with Gasteiger partial charge in [0.05, 0.1) is 0 Å². The van der Waals surface area contributed by atoms with Crippen molar-refractivity contribution < 1.29 is 9.59 Å². The molecule has 0 bridgehead atoms. The highest BCUT2D eigenvalue weighted by Crippen LogP contribution is 2.17. The van der Waals surface area contributed by atoms with Crippen molar-refractivity contribution in [1.29, 1.82) is 0 Å². The molecule has 1 saturated heterocycles. The number of aryl methyl sites for hydroxylation is 1. The van der Waals surface area contributed by atoms with Crippen molar-refractivity contribution in [3.05, 3.63) is 35.9 Å². The first kappa shape index (κ1) is 15.9. The minimum Gasteiger partial charge on any atom is -0.354 e. The molecule has 1 fully saturated rings. The molecule has 4 nitrogen and oxygen atoms in total. The largest absolute Gasteiger partial charge is 0.354 e. The average molecular weight is 306 g/mol. The number of nitrogens with one attached hydrogen (secondary N) is 1. The molecule has 0 aliphatic carbocycles. The fourth-order valence-corrected chi connectivity index (χ4v) is 3.16. The highest BCUT2D eigenvalue weighted by Gasteiger charge is 2.21. The molecule has 2 amide bonds. The van der Waals surface area contributed by atoms with E-state index in [1.807, 2.05) is 25.1 Å². The smallest absolute Gasteiger partial charge is 0.281 e. The van der Waals surface area contributed by atoms with Gasteiger partial charge in [0.15, 0.2) is 0 Å². The Morgan fingerprint density at radius 3 is 2.81 bits per heavy atom. The molecule has 0 saturated carbocycles. The van der Waals surface area contributed by atoms with Gasteiger partial charge in [0.1, 0.15) is 0 Å². The molecule has 0 aromatic heterocycles. The normalized spacial score (nSPS) is 16.0. The van der Waals surface area contributed by atoms with Gasteiger partial charge in [-0.1, -0.05) is 42.1 Å². The van der Waals surface area contributed by atoms with Gasteiger partial charge < -0.3 is 10.2 Å². The molecule has 114 valence electrons. The molecule has 0 spiro atoms. The molecule has 1 aromatic carbocycles. The Bertz CT molecular complexity index is 478. The van der Waals surface area contributed by atoms with E-state index in [0.29, 0.717) is 13.0 Å². The molecule has 5 heteroatoms.